The summed E-state index contributed by atoms with van der Waals surface area (Å²) < 4.78 is 5.87. The number of nitrogens with one attached hydrogen (secondary N) is 2. The molecule has 0 amide bonds. The summed E-state index contributed by atoms with van der Waals surface area (Å²) in [5.74, 6) is 1.67. The molecule has 4 rings (SSSR count). The van der Waals surface area contributed by atoms with E-state index >= 15 is 0 Å². The van der Waals surface area contributed by atoms with Crippen molar-refractivity contribution in [3.8, 4) is 17.1 Å². The minimum atomic E-state index is 0.596. The molecular formula is C19H21ClN4O. The predicted octanol–water partition coefficient (Wildman–Crippen LogP) is 4.19. The summed E-state index contributed by atoms with van der Waals surface area (Å²) in [7, 11) is 0. The first kappa shape index (κ1) is 16.4. The molecule has 130 valence electrons. The molecule has 0 aliphatic carbocycles. The quantitative estimate of drug-likeness (QED) is 0.719. The smallest absolute Gasteiger partial charge is 0.178 e. The minimum Gasteiger partial charge on any atom is -0.494 e. The lowest BCUT2D eigenvalue weighted by Gasteiger charge is -2.23. The van der Waals surface area contributed by atoms with Gasteiger partial charge < -0.3 is 15.0 Å². The molecule has 1 saturated heterocycles. The third kappa shape index (κ3) is 3.94. The summed E-state index contributed by atoms with van der Waals surface area (Å²) in [6.45, 7) is 1.88. The van der Waals surface area contributed by atoms with Gasteiger partial charge in [-0.2, -0.15) is 0 Å². The number of hydrogen-bond acceptors (Lipinski definition) is 4. The topological polar surface area (TPSA) is 62.8 Å². The Labute approximate surface area is 151 Å². The van der Waals surface area contributed by atoms with Crippen LogP contribution in [0.2, 0.25) is 5.02 Å². The van der Waals surface area contributed by atoms with E-state index in [1.807, 2.05) is 30.3 Å². The Bertz CT molecular complexity index is 840. The third-order valence-electron chi connectivity index (χ3n) is 4.58. The molecule has 0 spiro atoms. The molecule has 5 nitrogen and oxygen atoms in total. The first-order chi connectivity index (χ1) is 12.3. The van der Waals surface area contributed by atoms with E-state index < -0.39 is 0 Å². The molecule has 2 aromatic heterocycles. The van der Waals surface area contributed by atoms with Crippen LogP contribution < -0.4 is 10.1 Å². The maximum atomic E-state index is 5.97. The molecule has 25 heavy (non-hydrogen) atoms. The van der Waals surface area contributed by atoms with Crippen LogP contribution in [0, 0.1) is 0 Å². The van der Waals surface area contributed by atoms with Crippen molar-refractivity contribution in [1.29, 1.82) is 0 Å². The van der Waals surface area contributed by atoms with E-state index in [9.17, 15) is 0 Å². The van der Waals surface area contributed by atoms with Gasteiger partial charge in [0.1, 0.15) is 11.6 Å². The first-order valence-corrected chi connectivity index (χ1v) is 9.13. The second-order valence-corrected chi connectivity index (χ2v) is 6.85. The number of piperidine rings is 1. The van der Waals surface area contributed by atoms with Crippen LogP contribution in [0.1, 0.15) is 25.7 Å². The van der Waals surface area contributed by atoms with Gasteiger partial charge in [0.05, 0.1) is 17.1 Å². The zero-order valence-corrected chi connectivity index (χ0v) is 14.7. The van der Waals surface area contributed by atoms with E-state index in [1.165, 1.54) is 19.3 Å². The van der Waals surface area contributed by atoms with Gasteiger partial charge in [0.15, 0.2) is 5.65 Å². The number of rotatable bonds is 5. The summed E-state index contributed by atoms with van der Waals surface area (Å²) in [5, 5.41) is 4.14. The highest BCUT2D eigenvalue weighted by molar-refractivity contribution is 6.31. The van der Waals surface area contributed by atoms with Crippen molar-refractivity contribution in [3.63, 3.8) is 0 Å². The van der Waals surface area contributed by atoms with E-state index in [2.05, 4.69) is 20.3 Å². The highest BCUT2D eigenvalue weighted by Gasteiger charge is 2.12. The Balaban J connectivity index is 1.38. The maximum Gasteiger partial charge on any atom is 0.178 e. The van der Waals surface area contributed by atoms with Crippen molar-refractivity contribution in [2.24, 2.45) is 0 Å². The van der Waals surface area contributed by atoms with Gasteiger partial charge >= 0.3 is 0 Å². The number of halogens is 1. The zero-order valence-electron chi connectivity index (χ0n) is 14.0. The van der Waals surface area contributed by atoms with Crippen molar-refractivity contribution in [2.75, 3.05) is 13.2 Å². The molecule has 1 unspecified atom stereocenters. The van der Waals surface area contributed by atoms with Gasteiger partial charge in [0, 0.05) is 17.8 Å². The highest BCUT2D eigenvalue weighted by atomic mass is 35.5. The largest absolute Gasteiger partial charge is 0.494 e. The number of pyridine rings is 1. The second-order valence-electron chi connectivity index (χ2n) is 6.42. The van der Waals surface area contributed by atoms with Gasteiger partial charge in [0.2, 0.25) is 0 Å². The van der Waals surface area contributed by atoms with Crippen molar-refractivity contribution in [1.82, 2.24) is 20.3 Å². The third-order valence-corrected chi connectivity index (χ3v) is 4.79. The van der Waals surface area contributed by atoms with Crippen LogP contribution in [0.4, 0.5) is 0 Å². The summed E-state index contributed by atoms with van der Waals surface area (Å²) in [4.78, 5) is 12.0. The number of aromatic amines is 1. The van der Waals surface area contributed by atoms with Gasteiger partial charge in [-0.15, -0.1) is 0 Å². The van der Waals surface area contributed by atoms with Crippen LogP contribution in [0.5, 0.6) is 5.75 Å². The number of nitrogens with zero attached hydrogens (tertiary/aromatic N) is 2. The second kappa shape index (κ2) is 7.42. The lowest BCUT2D eigenvalue weighted by molar-refractivity contribution is 0.268. The number of aromatic nitrogens is 3. The summed E-state index contributed by atoms with van der Waals surface area (Å²) in [6.07, 6.45) is 6.53. The molecule has 1 aromatic carbocycles. The van der Waals surface area contributed by atoms with Crippen LogP contribution in [0.3, 0.4) is 0 Å². The zero-order chi connectivity index (χ0) is 17.1. The minimum absolute atomic E-state index is 0.596. The lowest BCUT2D eigenvalue weighted by atomic mass is 10.0. The Morgan fingerprint density at radius 2 is 2.08 bits per heavy atom. The van der Waals surface area contributed by atoms with Crippen LogP contribution in [0.15, 0.2) is 36.5 Å². The Hall–Kier alpha value is -2.11. The molecule has 1 fully saturated rings. The number of H-pyrrole nitrogens is 1. The van der Waals surface area contributed by atoms with E-state index in [1.54, 1.807) is 6.20 Å². The molecule has 3 aromatic rings. The summed E-state index contributed by atoms with van der Waals surface area (Å²) in [6, 6.07) is 10.4. The van der Waals surface area contributed by atoms with E-state index in [4.69, 9.17) is 16.3 Å². The first-order valence-electron chi connectivity index (χ1n) is 8.76. The number of benzene rings is 1. The fourth-order valence-electron chi connectivity index (χ4n) is 3.21. The molecule has 3 heterocycles. The number of imidazole rings is 1. The van der Waals surface area contributed by atoms with Crippen molar-refractivity contribution in [3.05, 3.63) is 41.6 Å². The monoisotopic (exact) mass is 356 g/mol. The van der Waals surface area contributed by atoms with Gasteiger partial charge in [-0.1, -0.05) is 18.0 Å². The van der Waals surface area contributed by atoms with E-state index in [-0.39, 0.29) is 0 Å². The van der Waals surface area contributed by atoms with Crippen LogP contribution in [-0.4, -0.2) is 34.1 Å². The Kier molecular flexibility index (Phi) is 4.85. The van der Waals surface area contributed by atoms with E-state index in [0.717, 1.165) is 42.2 Å². The van der Waals surface area contributed by atoms with Crippen molar-refractivity contribution < 1.29 is 4.74 Å². The number of ether oxygens (including phenoxy) is 1. The van der Waals surface area contributed by atoms with E-state index in [0.29, 0.717) is 16.7 Å². The average Bonchev–Trinajstić information content (AvgIpc) is 3.06. The van der Waals surface area contributed by atoms with Crippen molar-refractivity contribution in [2.45, 2.75) is 31.7 Å². The van der Waals surface area contributed by atoms with Gasteiger partial charge in [-0.25, -0.2) is 9.97 Å². The number of hydrogen-bond donors (Lipinski definition) is 2. The van der Waals surface area contributed by atoms with Gasteiger partial charge in [0.25, 0.3) is 0 Å². The summed E-state index contributed by atoms with van der Waals surface area (Å²) >= 11 is 5.97. The fraction of sp³-hybridized carbons (Fsp3) is 0.368. The standard InChI is InChI=1S/C19H21ClN4O/c20-14-11-17-19(22-12-14)24-18(23-17)13-4-6-16(7-5-13)25-10-8-15-3-1-2-9-21-15/h4-7,11-12,15,21H,1-3,8-10H2,(H,22,23,24). The molecule has 1 aliphatic heterocycles. The van der Waals surface area contributed by atoms with Crippen molar-refractivity contribution >= 4 is 22.8 Å². The lowest BCUT2D eigenvalue weighted by Crippen LogP contribution is -2.35. The van der Waals surface area contributed by atoms with Gasteiger partial charge in [-0.05, 0) is 56.1 Å². The van der Waals surface area contributed by atoms with Gasteiger partial charge in [-0.3, -0.25) is 0 Å². The molecule has 0 saturated carbocycles. The molecule has 2 N–H and O–H groups in total. The summed E-state index contributed by atoms with van der Waals surface area (Å²) in [5.41, 5.74) is 2.50. The molecule has 6 heteroatoms. The molecule has 0 bridgehead atoms. The molecular weight excluding hydrogens is 336 g/mol. The van der Waals surface area contributed by atoms with Crippen LogP contribution >= 0.6 is 11.6 Å². The Morgan fingerprint density at radius 3 is 2.88 bits per heavy atom. The molecule has 1 aliphatic rings. The Morgan fingerprint density at radius 1 is 1.20 bits per heavy atom. The SMILES string of the molecule is Clc1cnc2nc(-c3ccc(OCCC4CCCCN4)cc3)[nH]c2c1. The highest BCUT2D eigenvalue weighted by Crippen LogP contribution is 2.23. The molecule has 0 radical (unpaired) electrons. The number of fused-ring (bicyclic) bond motifs is 1. The fourth-order valence-corrected chi connectivity index (χ4v) is 3.37. The maximum absolute atomic E-state index is 5.97. The molecule has 1 atom stereocenters. The predicted molar refractivity (Wildman–Crippen MR) is 100 cm³/mol. The van der Waals surface area contributed by atoms with Crippen LogP contribution in [-0.2, 0) is 0 Å². The van der Waals surface area contributed by atoms with Crippen LogP contribution in [0.25, 0.3) is 22.6 Å². The normalized spacial score (nSPS) is 17.7. The average molecular weight is 357 g/mol.